The SMILES string of the molecule is O=CO.OCC(O)C1CCN(Cc2csc(-c3ccc(C(F)(F)F)cc3)n2)CC1. The van der Waals surface area contributed by atoms with Crippen molar-refractivity contribution in [1.82, 2.24) is 9.88 Å². The number of aromatic nitrogens is 1. The first-order valence-electron chi connectivity index (χ1n) is 8.99. The highest BCUT2D eigenvalue weighted by Crippen LogP contribution is 2.32. The first-order valence-corrected chi connectivity index (χ1v) is 9.87. The minimum atomic E-state index is -4.33. The standard InChI is InChI=1S/C18H21F3N2O2S.CH2O2/c19-18(20,21)14-3-1-13(2-4-14)17-22-15(11-26-17)9-23-7-5-12(6-8-23)16(25)10-24;2-1-3/h1-4,11-12,16,24-25H,5-10H2;1H,(H,2,3). The summed E-state index contributed by atoms with van der Waals surface area (Å²) in [7, 11) is 0. The second-order valence-electron chi connectivity index (χ2n) is 6.69. The van der Waals surface area contributed by atoms with Gasteiger partial charge in [-0.1, -0.05) is 12.1 Å². The van der Waals surface area contributed by atoms with Gasteiger partial charge in [0.25, 0.3) is 6.47 Å². The van der Waals surface area contributed by atoms with E-state index in [1.165, 1.54) is 23.5 Å². The third kappa shape index (κ3) is 6.77. The fraction of sp³-hybridized carbons (Fsp3) is 0.474. The number of carboxylic acid groups (broad SMARTS) is 1. The lowest BCUT2D eigenvalue weighted by atomic mass is 9.91. The average molecular weight is 432 g/mol. The molecule has 0 spiro atoms. The Bertz CT molecular complexity index is 760. The van der Waals surface area contributed by atoms with E-state index in [0.29, 0.717) is 17.1 Å². The van der Waals surface area contributed by atoms with Crippen molar-refractivity contribution < 1.29 is 33.3 Å². The summed E-state index contributed by atoms with van der Waals surface area (Å²) in [5.41, 5.74) is 0.913. The number of nitrogens with zero attached hydrogens (tertiary/aromatic N) is 2. The number of piperidine rings is 1. The zero-order valence-electron chi connectivity index (χ0n) is 15.5. The van der Waals surface area contributed by atoms with Crippen LogP contribution < -0.4 is 0 Å². The predicted octanol–water partition coefficient (Wildman–Crippen LogP) is 3.09. The van der Waals surface area contributed by atoms with Gasteiger partial charge < -0.3 is 15.3 Å². The molecule has 29 heavy (non-hydrogen) atoms. The minimum absolute atomic E-state index is 0.134. The van der Waals surface area contributed by atoms with E-state index in [9.17, 15) is 18.3 Å². The Morgan fingerprint density at radius 1 is 1.24 bits per heavy atom. The van der Waals surface area contributed by atoms with E-state index in [2.05, 4.69) is 9.88 Å². The third-order valence-electron chi connectivity index (χ3n) is 4.76. The molecule has 1 aromatic heterocycles. The van der Waals surface area contributed by atoms with Crippen LogP contribution in [0.15, 0.2) is 29.6 Å². The van der Waals surface area contributed by atoms with Crippen molar-refractivity contribution in [1.29, 1.82) is 0 Å². The van der Waals surface area contributed by atoms with Crippen LogP contribution in [-0.2, 0) is 17.5 Å². The van der Waals surface area contributed by atoms with Gasteiger partial charge in [0, 0.05) is 17.5 Å². The monoisotopic (exact) mass is 432 g/mol. The summed E-state index contributed by atoms with van der Waals surface area (Å²) in [5.74, 6) is 0.134. The van der Waals surface area contributed by atoms with Gasteiger partial charge in [-0.3, -0.25) is 9.69 Å². The maximum atomic E-state index is 12.6. The van der Waals surface area contributed by atoms with E-state index in [4.69, 9.17) is 15.0 Å². The zero-order valence-corrected chi connectivity index (χ0v) is 16.4. The fourth-order valence-corrected chi connectivity index (χ4v) is 4.00. The normalized spacial score (nSPS) is 16.7. The number of likely N-dealkylation sites (tertiary alicyclic amines) is 1. The van der Waals surface area contributed by atoms with Crippen LogP contribution in [0.3, 0.4) is 0 Å². The molecule has 1 aliphatic rings. The maximum absolute atomic E-state index is 12.6. The maximum Gasteiger partial charge on any atom is 0.416 e. The molecule has 1 unspecified atom stereocenters. The van der Waals surface area contributed by atoms with E-state index in [-0.39, 0.29) is 19.0 Å². The smallest absolute Gasteiger partial charge is 0.416 e. The Labute approximate surface area is 170 Å². The first-order chi connectivity index (χ1) is 13.8. The second-order valence-corrected chi connectivity index (χ2v) is 7.55. The van der Waals surface area contributed by atoms with Crippen LogP contribution in [0.1, 0.15) is 24.1 Å². The summed E-state index contributed by atoms with van der Waals surface area (Å²) in [6.07, 6.45) is -3.32. The molecule has 2 heterocycles. The van der Waals surface area contributed by atoms with E-state index in [0.717, 1.165) is 43.8 Å². The molecule has 3 rings (SSSR count). The van der Waals surface area contributed by atoms with Crippen LogP contribution >= 0.6 is 11.3 Å². The Hall–Kier alpha value is -2.01. The third-order valence-corrected chi connectivity index (χ3v) is 5.70. The van der Waals surface area contributed by atoms with Crippen LogP contribution in [0.2, 0.25) is 0 Å². The lowest BCUT2D eigenvalue weighted by Crippen LogP contribution is -2.38. The minimum Gasteiger partial charge on any atom is -0.483 e. The zero-order chi connectivity index (χ0) is 21.4. The highest BCUT2D eigenvalue weighted by molar-refractivity contribution is 7.13. The van der Waals surface area contributed by atoms with Crippen molar-refractivity contribution >= 4 is 17.8 Å². The number of thiazole rings is 1. The fourth-order valence-electron chi connectivity index (χ4n) is 3.19. The molecule has 0 amide bonds. The number of benzene rings is 1. The van der Waals surface area contributed by atoms with Crippen molar-refractivity contribution in [3.8, 4) is 10.6 Å². The topological polar surface area (TPSA) is 93.9 Å². The Morgan fingerprint density at radius 3 is 2.34 bits per heavy atom. The van der Waals surface area contributed by atoms with Crippen LogP contribution in [0.5, 0.6) is 0 Å². The lowest BCUT2D eigenvalue weighted by Gasteiger charge is -2.33. The van der Waals surface area contributed by atoms with Gasteiger partial charge in [-0.15, -0.1) is 11.3 Å². The summed E-state index contributed by atoms with van der Waals surface area (Å²) >= 11 is 1.42. The van der Waals surface area contributed by atoms with Gasteiger partial charge in [0.15, 0.2) is 0 Å². The number of hydrogen-bond acceptors (Lipinski definition) is 6. The van der Waals surface area contributed by atoms with E-state index < -0.39 is 17.8 Å². The Morgan fingerprint density at radius 2 is 1.83 bits per heavy atom. The second kappa shape index (κ2) is 10.7. The molecular weight excluding hydrogens is 409 g/mol. The Balaban J connectivity index is 0.000000941. The molecule has 1 aliphatic heterocycles. The van der Waals surface area contributed by atoms with Crippen molar-refractivity contribution in [2.24, 2.45) is 5.92 Å². The van der Waals surface area contributed by atoms with Crippen molar-refractivity contribution in [3.63, 3.8) is 0 Å². The molecule has 1 fully saturated rings. The summed E-state index contributed by atoms with van der Waals surface area (Å²) < 4.78 is 37.9. The highest BCUT2D eigenvalue weighted by Gasteiger charge is 2.30. The quantitative estimate of drug-likeness (QED) is 0.629. The number of hydrogen-bond donors (Lipinski definition) is 3. The van der Waals surface area contributed by atoms with Gasteiger partial charge in [-0.05, 0) is 44.0 Å². The van der Waals surface area contributed by atoms with Crippen LogP contribution in [0.25, 0.3) is 10.6 Å². The molecular formula is C19H23F3N2O4S. The van der Waals surface area contributed by atoms with Crippen molar-refractivity contribution in [2.45, 2.75) is 31.7 Å². The molecule has 3 N–H and O–H groups in total. The first kappa shape index (κ1) is 23.3. The van der Waals surface area contributed by atoms with Gasteiger partial charge in [0.1, 0.15) is 5.01 Å². The van der Waals surface area contributed by atoms with Crippen molar-refractivity contribution in [3.05, 3.63) is 40.9 Å². The molecule has 0 radical (unpaired) electrons. The number of carbonyl (C=O) groups is 1. The van der Waals surface area contributed by atoms with E-state index in [1.54, 1.807) is 0 Å². The predicted molar refractivity (Wildman–Crippen MR) is 102 cm³/mol. The number of halogens is 3. The van der Waals surface area contributed by atoms with Crippen LogP contribution in [0.4, 0.5) is 13.2 Å². The summed E-state index contributed by atoms with van der Waals surface area (Å²) in [6.45, 7) is 1.88. The average Bonchev–Trinajstić information content (AvgIpc) is 3.16. The molecule has 160 valence electrons. The molecule has 0 aliphatic carbocycles. The number of aliphatic hydroxyl groups excluding tert-OH is 2. The summed E-state index contributed by atoms with van der Waals surface area (Å²) in [4.78, 5) is 15.1. The summed E-state index contributed by atoms with van der Waals surface area (Å²) in [6, 6.07) is 5.06. The van der Waals surface area contributed by atoms with Gasteiger partial charge in [-0.25, -0.2) is 4.98 Å². The molecule has 6 nitrogen and oxygen atoms in total. The van der Waals surface area contributed by atoms with Gasteiger partial charge in [-0.2, -0.15) is 13.2 Å². The van der Waals surface area contributed by atoms with Crippen molar-refractivity contribution in [2.75, 3.05) is 19.7 Å². The highest BCUT2D eigenvalue weighted by atomic mass is 32.1. The van der Waals surface area contributed by atoms with Gasteiger partial charge >= 0.3 is 6.18 Å². The summed E-state index contributed by atoms with van der Waals surface area (Å²) in [5, 5.41) is 28.3. The molecule has 1 atom stereocenters. The number of rotatable bonds is 5. The molecule has 1 saturated heterocycles. The number of alkyl halides is 3. The molecule has 0 saturated carbocycles. The van der Waals surface area contributed by atoms with E-state index in [1.807, 2.05) is 5.38 Å². The molecule has 10 heteroatoms. The lowest BCUT2D eigenvalue weighted by molar-refractivity contribution is -0.137. The molecule has 2 aromatic rings. The molecule has 0 bridgehead atoms. The number of aliphatic hydroxyl groups is 2. The van der Waals surface area contributed by atoms with E-state index >= 15 is 0 Å². The Kier molecular flexibility index (Phi) is 8.57. The van der Waals surface area contributed by atoms with Crippen LogP contribution in [-0.4, -0.2) is 57.5 Å². The molecule has 1 aromatic carbocycles. The van der Waals surface area contributed by atoms with Crippen LogP contribution in [0, 0.1) is 5.92 Å². The van der Waals surface area contributed by atoms with Gasteiger partial charge in [0.05, 0.1) is 24.0 Å². The van der Waals surface area contributed by atoms with Gasteiger partial charge in [0.2, 0.25) is 0 Å². The largest absolute Gasteiger partial charge is 0.483 e.